The Bertz CT molecular complexity index is 1170. The van der Waals surface area contributed by atoms with Crippen LogP contribution in [0, 0.1) is 11.8 Å². The van der Waals surface area contributed by atoms with Crippen molar-refractivity contribution in [1.29, 1.82) is 0 Å². The summed E-state index contributed by atoms with van der Waals surface area (Å²) < 4.78 is 31.7. The van der Waals surface area contributed by atoms with Gasteiger partial charge in [0.25, 0.3) is 0 Å². The highest BCUT2D eigenvalue weighted by Gasteiger charge is 2.57. The molecule has 11 heteroatoms. The number of halogens is 4. The number of nitrogens with one attached hydrogen (secondary N) is 1. The number of piperidine rings is 1. The minimum absolute atomic E-state index is 0.0640. The van der Waals surface area contributed by atoms with Crippen LogP contribution in [0.25, 0.3) is 0 Å². The molecule has 3 aliphatic rings. The van der Waals surface area contributed by atoms with Crippen molar-refractivity contribution < 1.29 is 32.7 Å². The standard InChI is InChI=1S/C25H28ClN3O2.C2HF3O2/c26-22-9-5-4-8-19(22)14-23(30)29-12-10-25(11-13-29)21-17-28(16-20(21)24(31)27-25)15-18-6-2-1-3-7-18;3-2(4,5)1(6)7/h1-9,20-21H,10-17H2,(H,27,31);(H,6,7)/t20-,21+;/m1./s1. The Labute approximate surface area is 223 Å². The van der Waals surface area contributed by atoms with Gasteiger partial charge in [0.05, 0.1) is 12.3 Å². The van der Waals surface area contributed by atoms with E-state index in [1.54, 1.807) is 0 Å². The molecule has 3 aliphatic heterocycles. The van der Waals surface area contributed by atoms with E-state index in [1.807, 2.05) is 35.2 Å². The zero-order valence-corrected chi connectivity index (χ0v) is 21.3. The smallest absolute Gasteiger partial charge is 0.475 e. The Hall–Kier alpha value is -3.11. The first-order valence-electron chi connectivity index (χ1n) is 12.4. The summed E-state index contributed by atoms with van der Waals surface area (Å²) in [6.45, 7) is 4.02. The van der Waals surface area contributed by atoms with Crippen LogP contribution >= 0.6 is 11.6 Å². The van der Waals surface area contributed by atoms with Gasteiger partial charge >= 0.3 is 12.1 Å². The van der Waals surface area contributed by atoms with Gasteiger partial charge in [-0.15, -0.1) is 0 Å². The Morgan fingerprint density at radius 1 is 1.03 bits per heavy atom. The van der Waals surface area contributed by atoms with E-state index >= 15 is 0 Å². The maximum absolute atomic E-state index is 12.8. The quantitative estimate of drug-likeness (QED) is 0.604. The van der Waals surface area contributed by atoms with Crippen LogP contribution < -0.4 is 5.32 Å². The maximum Gasteiger partial charge on any atom is 0.490 e. The van der Waals surface area contributed by atoms with Gasteiger partial charge < -0.3 is 15.3 Å². The highest BCUT2D eigenvalue weighted by atomic mass is 35.5. The molecule has 0 unspecified atom stereocenters. The van der Waals surface area contributed by atoms with E-state index in [-0.39, 0.29) is 23.3 Å². The lowest BCUT2D eigenvalue weighted by molar-refractivity contribution is -0.192. The van der Waals surface area contributed by atoms with Crippen molar-refractivity contribution in [3.63, 3.8) is 0 Å². The number of benzene rings is 2. The molecular weight excluding hydrogens is 523 g/mol. The van der Waals surface area contributed by atoms with Gasteiger partial charge in [-0.2, -0.15) is 13.2 Å². The molecule has 2 amide bonds. The first kappa shape index (κ1) is 27.9. The predicted molar refractivity (Wildman–Crippen MR) is 134 cm³/mol. The van der Waals surface area contributed by atoms with E-state index in [4.69, 9.17) is 21.5 Å². The molecule has 2 aromatic carbocycles. The van der Waals surface area contributed by atoms with Crippen LogP contribution in [0.3, 0.4) is 0 Å². The summed E-state index contributed by atoms with van der Waals surface area (Å²) in [6.07, 6.45) is -3.10. The zero-order valence-electron chi connectivity index (χ0n) is 20.6. The number of hydrogen-bond donors (Lipinski definition) is 2. The molecule has 7 nitrogen and oxygen atoms in total. The molecule has 5 rings (SSSR count). The average molecular weight is 552 g/mol. The number of carbonyl (C=O) groups excluding carboxylic acids is 2. The molecule has 0 aromatic heterocycles. The number of carboxylic acids is 1. The van der Waals surface area contributed by atoms with Gasteiger partial charge in [0.15, 0.2) is 0 Å². The number of carboxylic acid groups (broad SMARTS) is 1. The van der Waals surface area contributed by atoms with E-state index in [0.29, 0.717) is 30.5 Å². The first-order chi connectivity index (χ1) is 18.0. The molecule has 0 aliphatic carbocycles. The summed E-state index contributed by atoms with van der Waals surface area (Å²) >= 11 is 6.23. The molecule has 3 heterocycles. The molecule has 3 fully saturated rings. The third kappa shape index (κ3) is 6.30. The van der Waals surface area contributed by atoms with Crippen LogP contribution in [0.2, 0.25) is 5.02 Å². The van der Waals surface area contributed by atoms with Crippen LogP contribution in [-0.4, -0.2) is 70.6 Å². The molecular formula is C27H29ClF3N3O4. The molecule has 0 radical (unpaired) electrons. The van der Waals surface area contributed by atoms with Gasteiger partial charge in [0.2, 0.25) is 11.8 Å². The van der Waals surface area contributed by atoms with Crippen LogP contribution in [0.4, 0.5) is 13.2 Å². The number of hydrogen-bond acceptors (Lipinski definition) is 4. The number of likely N-dealkylation sites (tertiary alicyclic amines) is 2. The topological polar surface area (TPSA) is 89.9 Å². The van der Waals surface area contributed by atoms with Crippen LogP contribution in [0.15, 0.2) is 54.6 Å². The van der Waals surface area contributed by atoms with E-state index in [2.05, 4.69) is 34.5 Å². The van der Waals surface area contributed by atoms with Crippen molar-refractivity contribution in [1.82, 2.24) is 15.1 Å². The van der Waals surface area contributed by atoms with Crippen molar-refractivity contribution in [3.05, 3.63) is 70.7 Å². The van der Waals surface area contributed by atoms with Gasteiger partial charge in [-0.25, -0.2) is 4.79 Å². The molecule has 2 aromatic rings. The number of alkyl halides is 3. The summed E-state index contributed by atoms with van der Waals surface area (Å²) in [6, 6.07) is 18.0. The molecule has 0 saturated carbocycles. The maximum atomic E-state index is 12.8. The minimum Gasteiger partial charge on any atom is -0.475 e. The number of nitrogens with zero attached hydrogens (tertiary/aromatic N) is 2. The number of rotatable bonds is 4. The van der Waals surface area contributed by atoms with Crippen molar-refractivity contribution in [2.75, 3.05) is 26.2 Å². The van der Waals surface area contributed by atoms with Crippen LogP contribution in [-0.2, 0) is 27.3 Å². The predicted octanol–water partition coefficient (Wildman–Crippen LogP) is 3.76. The highest BCUT2D eigenvalue weighted by Crippen LogP contribution is 2.44. The molecule has 2 N–H and O–H groups in total. The summed E-state index contributed by atoms with van der Waals surface area (Å²) in [5, 5.41) is 11.1. The summed E-state index contributed by atoms with van der Waals surface area (Å²) in [5.74, 6) is -2.07. The summed E-state index contributed by atoms with van der Waals surface area (Å²) in [7, 11) is 0. The van der Waals surface area contributed by atoms with Gasteiger partial charge in [-0.3, -0.25) is 14.5 Å². The molecule has 204 valence electrons. The Balaban J connectivity index is 0.000000426. The fraction of sp³-hybridized carbons (Fsp3) is 0.444. The number of carbonyl (C=O) groups is 3. The lowest BCUT2D eigenvalue weighted by atomic mass is 9.75. The minimum atomic E-state index is -5.08. The monoisotopic (exact) mass is 551 g/mol. The SMILES string of the molecule is O=C(O)C(F)(F)F.O=C1NC2(CCN(C(=O)Cc3ccccc3Cl)CC2)[C@H]2CN(Cc3ccccc3)C[C@@H]12. The Morgan fingerprint density at radius 3 is 2.24 bits per heavy atom. The van der Waals surface area contributed by atoms with Crippen molar-refractivity contribution in [2.24, 2.45) is 11.8 Å². The van der Waals surface area contributed by atoms with Crippen molar-refractivity contribution >= 4 is 29.4 Å². The Morgan fingerprint density at radius 2 is 1.63 bits per heavy atom. The summed E-state index contributed by atoms with van der Waals surface area (Å²) in [4.78, 5) is 38.9. The second-order valence-corrected chi connectivity index (χ2v) is 10.4. The molecule has 38 heavy (non-hydrogen) atoms. The second-order valence-electron chi connectivity index (χ2n) is 9.99. The number of fused-ring (bicyclic) bond motifs is 2. The zero-order chi connectivity index (χ0) is 27.5. The number of amides is 2. The molecule has 0 bridgehead atoms. The van der Waals surface area contributed by atoms with Gasteiger partial charge in [-0.1, -0.05) is 60.1 Å². The van der Waals surface area contributed by atoms with Crippen molar-refractivity contribution in [3.8, 4) is 0 Å². The Kier molecular flexibility index (Phi) is 8.32. The summed E-state index contributed by atoms with van der Waals surface area (Å²) in [5.41, 5.74) is 1.99. The molecule has 2 atom stereocenters. The lowest BCUT2D eigenvalue weighted by Crippen LogP contribution is -2.56. The van der Waals surface area contributed by atoms with Gasteiger partial charge in [0.1, 0.15) is 0 Å². The van der Waals surface area contributed by atoms with E-state index < -0.39 is 12.1 Å². The van der Waals surface area contributed by atoms with Crippen LogP contribution in [0.1, 0.15) is 24.0 Å². The van der Waals surface area contributed by atoms with Crippen molar-refractivity contribution in [2.45, 2.75) is 37.5 Å². The molecule has 1 spiro atoms. The fourth-order valence-corrected chi connectivity index (χ4v) is 5.88. The first-order valence-corrected chi connectivity index (χ1v) is 12.8. The van der Waals surface area contributed by atoms with E-state index in [9.17, 15) is 22.8 Å². The van der Waals surface area contributed by atoms with E-state index in [0.717, 1.165) is 38.0 Å². The lowest BCUT2D eigenvalue weighted by Gasteiger charge is -2.43. The largest absolute Gasteiger partial charge is 0.490 e. The average Bonchev–Trinajstić information content (AvgIpc) is 3.40. The highest BCUT2D eigenvalue weighted by molar-refractivity contribution is 6.31. The third-order valence-corrected chi connectivity index (χ3v) is 7.98. The van der Waals surface area contributed by atoms with Gasteiger partial charge in [-0.05, 0) is 30.0 Å². The van der Waals surface area contributed by atoms with E-state index in [1.165, 1.54) is 5.56 Å². The van der Waals surface area contributed by atoms with Crippen LogP contribution in [0.5, 0.6) is 0 Å². The molecule has 3 saturated heterocycles. The normalized spacial score (nSPS) is 22.4. The fourth-order valence-electron chi connectivity index (χ4n) is 5.68. The third-order valence-electron chi connectivity index (χ3n) is 7.61. The second kappa shape index (κ2) is 11.3. The number of aliphatic carboxylic acids is 1. The van der Waals surface area contributed by atoms with Gasteiger partial charge in [0, 0.05) is 49.2 Å².